The number of nitrogens with one attached hydrogen (secondary N) is 1. The molecule has 5 heteroatoms. The number of fused-ring (bicyclic) bond motifs is 2. The Labute approximate surface area is 128 Å². The number of carbonyl (C=O) groups excluding carboxylic acids is 1. The maximum Gasteiger partial charge on any atom is 0.217 e. The van der Waals surface area contributed by atoms with Gasteiger partial charge in [0.15, 0.2) is 6.19 Å². The summed E-state index contributed by atoms with van der Waals surface area (Å²) >= 11 is 0. The summed E-state index contributed by atoms with van der Waals surface area (Å²) in [6.45, 7) is 0.635. The number of amides is 1. The number of hydrogen-bond acceptors (Lipinski definition) is 3. The van der Waals surface area contributed by atoms with E-state index < -0.39 is 0 Å². The minimum atomic E-state index is -0.280. The summed E-state index contributed by atoms with van der Waals surface area (Å²) in [5.41, 5.74) is 9.13. The Morgan fingerprint density at radius 2 is 2.36 bits per heavy atom. The number of nitrogens with zero attached hydrogens (tertiary/aromatic N) is 2. The van der Waals surface area contributed by atoms with E-state index in [1.807, 2.05) is 4.90 Å². The van der Waals surface area contributed by atoms with Gasteiger partial charge in [-0.25, -0.2) is 0 Å². The molecular formula is C17H18N4O. The number of nitriles is 1. The van der Waals surface area contributed by atoms with Gasteiger partial charge in [-0.05, 0) is 36.0 Å². The van der Waals surface area contributed by atoms with Crippen molar-refractivity contribution in [2.75, 3.05) is 6.54 Å². The van der Waals surface area contributed by atoms with Crippen molar-refractivity contribution in [3.05, 3.63) is 35.5 Å². The van der Waals surface area contributed by atoms with Crippen LogP contribution in [-0.2, 0) is 11.2 Å². The van der Waals surface area contributed by atoms with Gasteiger partial charge in [-0.3, -0.25) is 4.79 Å². The van der Waals surface area contributed by atoms with E-state index in [-0.39, 0.29) is 17.9 Å². The molecule has 5 nitrogen and oxygen atoms in total. The summed E-state index contributed by atoms with van der Waals surface area (Å²) in [5.74, 6) is 0.177. The van der Waals surface area contributed by atoms with E-state index in [4.69, 9.17) is 5.73 Å². The number of hydrogen-bond donors (Lipinski definition) is 2. The number of aromatic amines is 1. The monoisotopic (exact) mass is 294 g/mol. The zero-order chi connectivity index (χ0) is 15.3. The highest BCUT2D eigenvalue weighted by Gasteiger charge is 2.40. The van der Waals surface area contributed by atoms with E-state index in [1.54, 1.807) is 0 Å². The van der Waals surface area contributed by atoms with Crippen molar-refractivity contribution in [2.45, 2.75) is 31.2 Å². The fraction of sp³-hybridized carbons (Fsp3) is 0.412. The molecule has 1 aliphatic heterocycles. The van der Waals surface area contributed by atoms with Crippen molar-refractivity contribution in [1.29, 1.82) is 5.26 Å². The van der Waals surface area contributed by atoms with E-state index in [9.17, 15) is 10.1 Å². The smallest absolute Gasteiger partial charge is 0.217 e. The van der Waals surface area contributed by atoms with Gasteiger partial charge >= 0.3 is 0 Å². The largest absolute Gasteiger partial charge is 0.370 e. The van der Waals surface area contributed by atoms with Crippen molar-refractivity contribution >= 4 is 16.8 Å². The second-order valence-corrected chi connectivity index (χ2v) is 6.49. The van der Waals surface area contributed by atoms with Crippen LogP contribution in [0.4, 0.5) is 0 Å². The lowest BCUT2D eigenvalue weighted by molar-refractivity contribution is -0.119. The van der Waals surface area contributed by atoms with Gasteiger partial charge in [0.05, 0.1) is 6.04 Å². The first-order valence-corrected chi connectivity index (χ1v) is 7.71. The Morgan fingerprint density at radius 3 is 3.14 bits per heavy atom. The molecular weight excluding hydrogens is 276 g/mol. The third-order valence-electron chi connectivity index (χ3n) is 5.17. The van der Waals surface area contributed by atoms with E-state index in [0.29, 0.717) is 18.9 Å². The molecule has 3 N–H and O–H groups in total. The molecule has 112 valence electrons. The van der Waals surface area contributed by atoms with Crippen LogP contribution in [0.3, 0.4) is 0 Å². The quantitative estimate of drug-likeness (QED) is 0.829. The maximum absolute atomic E-state index is 11.3. The highest BCUT2D eigenvalue weighted by molar-refractivity contribution is 5.88. The average Bonchev–Trinajstić information content (AvgIpc) is 2.91. The van der Waals surface area contributed by atoms with Crippen molar-refractivity contribution in [3.8, 4) is 6.19 Å². The topological polar surface area (TPSA) is 85.9 Å². The van der Waals surface area contributed by atoms with Gasteiger partial charge < -0.3 is 15.6 Å². The van der Waals surface area contributed by atoms with Gasteiger partial charge in [0, 0.05) is 36.0 Å². The molecule has 0 unspecified atom stereocenters. The number of primary amides is 1. The van der Waals surface area contributed by atoms with Crippen LogP contribution in [0, 0.1) is 17.4 Å². The summed E-state index contributed by atoms with van der Waals surface area (Å²) in [7, 11) is 0. The molecule has 0 spiro atoms. The van der Waals surface area contributed by atoms with Crippen molar-refractivity contribution in [3.63, 3.8) is 0 Å². The molecule has 1 saturated heterocycles. The van der Waals surface area contributed by atoms with Crippen LogP contribution >= 0.6 is 0 Å². The Balaban J connectivity index is 1.78. The molecule has 2 heterocycles. The Hall–Kier alpha value is -2.48. The standard InChI is InChI=1S/C17H18N4O/c18-9-21-8-10(5-16(19)22)4-13-12-2-1-3-14-17(12)11(7-20-14)6-15(13)21/h1-3,7,10,13,15,20H,4-6,8H2,(H2,19,22)/t10-,13-,15-/m1/s1. The van der Waals surface area contributed by atoms with Crippen LogP contribution in [0.25, 0.3) is 10.9 Å². The third-order valence-corrected chi connectivity index (χ3v) is 5.17. The number of aromatic nitrogens is 1. The number of carbonyl (C=O) groups is 1. The van der Waals surface area contributed by atoms with Crippen LogP contribution in [0.1, 0.15) is 29.9 Å². The van der Waals surface area contributed by atoms with Crippen LogP contribution in [0.2, 0.25) is 0 Å². The van der Waals surface area contributed by atoms with E-state index in [0.717, 1.165) is 18.4 Å². The average molecular weight is 294 g/mol. The first-order chi connectivity index (χ1) is 10.7. The fourth-order valence-corrected chi connectivity index (χ4v) is 4.34. The SMILES string of the molecule is N#CN1C[C@@H](CC(N)=O)C[C@@H]2c3cccc4[nH]cc(c34)C[C@H]21. The molecule has 2 aliphatic rings. The molecule has 1 aromatic heterocycles. The maximum atomic E-state index is 11.3. The predicted octanol–water partition coefficient (Wildman–Crippen LogP) is 1.85. The lowest BCUT2D eigenvalue weighted by Gasteiger charge is -2.44. The Bertz CT molecular complexity index is 788. The summed E-state index contributed by atoms with van der Waals surface area (Å²) < 4.78 is 0. The van der Waals surface area contributed by atoms with E-state index in [1.165, 1.54) is 16.5 Å². The second kappa shape index (κ2) is 4.77. The number of nitrogens with two attached hydrogens (primary N) is 1. The van der Waals surface area contributed by atoms with Gasteiger partial charge in [-0.1, -0.05) is 12.1 Å². The summed E-state index contributed by atoms with van der Waals surface area (Å²) in [5, 5.41) is 10.8. The number of rotatable bonds is 2. The van der Waals surface area contributed by atoms with Gasteiger partial charge in [0.25, 0.3) is 0 Å². The zero-order valence-corrected chi connectivity index (χ0v) is 12.2. The second-order valence-electron chi connectivity index (χ2n) is 6.49. The lowest BCUT2D eigenvalue weighted by Crippen LogP contribution is -2.48. The highest BCUT2D eigenvalue weighted by Crippen LogP contribution is 2.44. The molecule has 3 atom stereocenters. The highest BCUT2D eigenvalue weighted by atomic mass is 16.1. The van der Waals surface area contributed by atoms with Crippen LogP contribution in [0.15, 0.2) is 24.4 Å². The molecule has 2 aromatic rings. The predicted molar refractivity (Wildman–Crippen MR) is 82.8 cm³/mol. The van der Waals surface area contributed by atoms with Gasteiger partial charge in [0.1, 0.15) is 0 Å². The normalized spacial score (nSPS) is 26.5. The van der Waals surface area contributed by atoms with E-state index >= 15 is 0 Å². The molecule has 4 rings (SSSR count). The third kappa shape index (κ3) is 1.87. The fourth-order valence-electron chi connectivity index (χ4n) is 4.34. The number of likely N-dealkylation sites (tertiary alicyclic amines) is 1. The van der Waals surface area contributed by atoms with Crippen molar-refractivity contribution < 1.29 is 4.79 Å². The molecule has 1 amide bonds. The van der Waals surface area contributed by atoms with Gasteiger partial charge in [-0.15, -0.1) is 0 Å². The molecule has 1 fully saturated rings. The first-order valence-electron chi connectivity index (χ1n) is 7.71. The van der Waals surface area contributed by atoms with Gasteiger partial charge in [-0.2, -0.15) is 5.26 Å². The number of H-pyrrole nitrogens is 1. The van der Waals surface area contributed by atoms with E-state index in [2.05, 4.69) is 35.6 Å². The van der Waals surface area contributed by atoms with Crippen LogP contribution in [-0.4, -0.2) is 28.4 Å². The summed E-state index contributed by atoms with van der Waals surface area (Å²) in [4.78, 5) is 16.5. The molecule has 0 radical (unpaired) electrons. The molecule has 0 bridgehead atoms. The molecule has 1 aliphatic carbocycles. The first kappa shape index (κ1) is 13.2. The number of benzene rings is 1. The van der Waals surface area contributed by atoms with Crippen LogP contribution < -0.4 is 5.73 Å². The number of piperidine rings is 1. The Kier molecular flexibility index (Phi) is 2.86. The Morgan fingerprint density at radius 1 is 1.50 bits per heavy atom. The molecule has 1 aromatic carbocycles. The van der Waals surface area contributed by atoms with Gasteiger partial charge in [0.2, 0.25) is 5.91 Å². The minimum absolute atomic E-state index is 0.161. The zero-order valence-electron chi connectivity index (χ0n) is 12.2. The summed E-state index contributed by atoms with van der Waals surface area (Å²) in [6, 6.07) is 6.52. The van der Waals surface area contributed by atoms with Crippen molar-refractivity contribution in [2.24, 2.45) is 11.7 Å². The summed E-state index contributed by atoms with van der Waals surface area (Å²) in [6.07, 6.45) is 6.57. The minimum Gasteiger partial charge on any atom is -0.370 e. The van der Waals surface area contributed by atoms with Crippen molar-refractivity contribution in [1.82, 2.24) is 9.88 Å². The molecule has 22 heavy (non-hydrogen) atoms. The molecule has 0 saturated carbocycles. The van der Waals surface area contributed by atoms with Crippen LogP contribution in [0.5, 0.6) is 0 Å². The lowest BCUT2D eigenvalue weighted by atomic mass is 9.72.